The molecule has 8 heteroatoms. The number of ether oxygens (including phenoxy) is 1. The summed E-state index contributed by atoms with van der Waals surface area (Å²) in [5.74, 6) is 0.589. The normalized spacial score (nSPS) is 23.6. The number of benzene rings is 2. The summed E-state index contributed by atoms with van der Waals surface area (Å²) in [5.41, 5.74) is 2.04. The summed E-state index contributed by atoms with van der Waals surface area (Å²) in [6.07, 6.45) is 3.90. The van der Waals surface area contributed by atoms with Gasteiger partial charge in [-0.15, -0.1) is 0 Å². The monoisotopic (exact) mass is 534 g/mol. The van der Waals surface area contributed by atoms with Gasteiger partial charge >= 0.3 is 0 Å². The Morgan fingerprint density at radius 1 is 0.923 bits per heavy atom. The van der Waals surface area contributed by atoms with Gasteiger partial charge in [-0.2, -0.15) is 0 Å². The molecule has 2 aromatic carbocycles. The second kappa shape index (κ2) is 14.1. The minimum absolute atomic E-state index is 0.0630. The van der Waals surface area contributed by atoms with Crippen LogP contribution >= 0.6 is 0 Å². The second-order valence-corrected chi connectivity index (χ2v) is 10.9. The number of amides is 3. The van der Waals surface area contributed by atoms with Gasteiger partial charge in [0.05, 0.1) is 6.04 Å². The summed E-state index contributed by atoms with van der Waals surface area (Å²) >= 11 is 0. The van der Waals surface area contributed by atoms with E-state index in [0.29, 0.717) is 51.4 Å². The molecule has 4 rings (SSSR count). The molecule has 1 fully saturated rings. The first-order valence-electron chi connectivity index (χ1n) is 14.3. The number of rotatable bonds is 4. The lowest BCUT2D eigenvalue weighted by atomic mass is 10.0. The van der Waals surface area contributed by atoms with Crippen LogP contribution in [0.25, 0.3) is 0 Å². The fourth-order valence-corrected chi connectivity index (χ4v) is 5.43. The Bertz CT molecular complexity index is 1110. The SMILES string of the molecule is CC(C)CC1NCCOc2ccccc2CCCNC(=O)[C@H](Cc2ccccc2)NC(=O)C2CCCN2C1=O. The van der Waals surface area contributed by atoms with E-state index in [-0.39, 0.29) is 17.7 Å². The predicted molar refractivity (Wildman–Crippen MR) is 151 cm³/mol. The van der Waals surface area contributed by atoms with Gasteiger partial charge in [0, 0.05) is 26.1 Å². The molecule has 2 aliphatic rings. The number of carbonyl (C=O) groups excluding carboxylic acids is 3. The molecule has 1 saturated heterocycles. The molecule has 0 spiro atoms. The van der Waals surface area contributed by atoms with Crippen molar-refractivity contribution in [2.45, 2.75) is 70.5 Å². The highest BCUT2D eigenvalue weighted by Crippen LogP contribution is 2.22. The highest BCUT2D eigenvalue weighted by molar-refractivity contribution is 5.93. The Morgan fingerprint density at radius 3 is 2.49 bits per heavy atom. The molecule has 0 bridgehead atoms. The van der Waals surface area contributed by atoms with E-state index in [4.69, 9.17) is 4.74 Å². The highest BCUT2D eigenvalue weighted by Gasteiger charge is 2.38. The first-order chi connectivity index (χ1) is 18.9. The van der Waals surface area contributed by atoms with Crippen LogP contribution < -0.4 is 20.7 Å². The Hall–Kier alpha value is -3.39. The average molecular weight is 535 g/mol. The van der Waals surface area contributed by atoms with E-state index in [1.165, 1.54) is 0 Å². The van der Waals surface area contributed by atoms with Crippen LogP contribution in [0.1, 0.15) is 50.7 Å². The minimum atomic E-state index is -0.725. The summed E-state index contributed by atoms with van der Waals surface area (Å²) in [5, 5.41) is 9.42. The van der Waals surface area contributed by atoms with Crippen molar-refractivity contribution in [2.75, 3.05) is 26.2 Å². The molecule has 210 valence electrons. The molecular weight excluding hydrogens is 492 g/mol. The first-order valence-corrected chi connectivity index (χ1v) is 14.3. The van der Waals surface area contributed by atoms with E-state index < -0.39 is 18.1 Å². The van der Waals surface area contributed by atoms with Gasteiger partial charge in [0.15, 0.2) is 0 Å². The number of hydrogen-bond donors (Lipinski definition) is 3. The number of carbonyl (C=O) groups is 3. The molecular formula is C31H42N4O4. The predicted octanol–water partition coefficient (Wildman–Crippen LogP) is 2.85. The minimum Gasteiger partial charge on any atom is -0.492 e. The van der Waals surface area contributed by atoms with E-state index in [1.807, 2.05) is 54.6 Å². The number of nitrogens with one attached hydrogen (secondary N) is 3. The van der Waals surface area contributed by atoms with Crippen molar-refractivity contribution in [1.29, 1.82) is 0 Å². The molecule has 2 aliphatic heterocycles. The summed E-state index contributed by atoms with van der Waals surface area (Å²) in [6.45, 7) is 6.16. The van der Waals surface area contributed by atoms with Crippen LogP contribution in [0.3, 0.4) is 0 Å². The average Bonchev–Trinajstić information content (AvgIpc) is 3.43. The van der Waals surface area contributed by atoms with Gasteiger partial charge in [0.1, 0.15) is 24.4 Å². The molecule has 3 atom stereocenters. The Kier molecular flexibility index (Phi) is 10.4. The van der Waals surface area contributed by atoms with E-state index in [0.717, 1.165) is 36.1 Å². The van der Waals surface area contributed by atoms with Crippen LogP contribution in [0.5, 0.6) is 5.75 Å². The van der Waals surface area contributed by atoms with Crippen molar-refractivity contribution in [3.63, 3.8) is 0 Å². The third kappa shape index (κ3) is 8.05. The van der Waals surface area contributed by atoms with E-state index in [9.17, 15) is 14.4 Å². The van der Waals surface area contributed by atoms with E-state index in [2.05, 4.69) is 29.8 Å². The van der Waals surface area contributed by atoms with Gasteiger partial charge in [-0.25, -0.2) is 0 Å². The lowest BCUT2D eigenvalue weighted by molar-refractivity contribution is -0.141. The maximum Gasteiger partial charge on any atom is 0.243 e. The van der Waals surface area contributed by atoms with Gasteiger partial charge in [0.25, 0.3) is 0 Å². The molecule has 0 aliphatic carbocycles. The van der Waals surface area contributed by atoms with Crippen molar-refractivity contribution in [2.24, 2.45) is 5.92 Å². The van der Waals surface area contributed by atoms with Crippen LogP contribution in [0.4, 0.5) is 0 Å². The van der Waals surface area contributed by atoms with Crippen molar-refractivity contribution in [1.82, 2.24) is 20.9 Å². The molecule has 3 amide bonds. The zero-order valence-corrected chi connectivity index (χ0v) is 23.2. The van der Waals surface area contributed by atoms with Crippen LogP contribution in [0.15, 0.2) is 54.6 Å². The van der Waals surface area contributed by atoms with Crippen LogP contribution in [0.2, 0.25) is 0 Å². The molecule has 2 aromatic rings. The largest absolute Gasteiger partial charge is 0.492 e. The summed E-state index contributed by atoms with van der Waals surface area (Å²) in [6, 6.07) is 15.9. The van der Waals surface area contributed by atoms with Crippen molar-refractivity contribution < 1.29 is 19.1 Å². The number of nitrogens with zero attached hydrogens (tertiary/aromatic N) is 1. The summed E-state index contributed by atoms with van der Waals surface area (Å²) < 4.78 is 6.09. The summed E-state index contributed by atoms with van der Waals surface area (Å²) in [4.78, 5) is 42.2. The fourth-order valence-electron chi connectivity index (χ4n) is 5.43. The zero-order chi connectivity index (χ0) is 27.6. The molecule has 3 N–H and O–H groups in total. The van der Waals surface area contributed by atoms with Crippen LogP contribution in [0, 0.1) is 5.92 Å². The van der Waals surface area contributed by atoms with Crippen molar-refractivity contribution in [3.05, 3.63) is 65.7 Å². The number of aryl methyl sites for hydroxylation is 1. The maximum absolute atomic E-state index is 13.7. The second-order valence-electron chi connectivity index (χ2n) is 10.9. The molecule has 0 radical (unpaired) electrons. The summed E-state index contributed by atoms with van der Waals surface area (Å²) in [7, 11) is 0. The fraction of sp³-hybridized carbons (Fsp3) is 0.516. The third-order valence-electron chi connectivity index (χ3n) is 7.40. The van der Waals surface area contributed by atoms with Crippen molar-refractivity contribution >= 4 is 17.7 Å². The van der Waals surface area contributed by atoms with Gasteiger partial charge in [-0.3, -0.25) is 14.4 Å². The van der Waals surface area contributed by atoms with Gasteiger partial charge in [-0.1, -0.05) is 62.4 Å². The first kappa shape index (κ1) is 28.6. The Morgan fingerprint density at radius 2 is 1.69 bits per heavy atom. The lowest BCUT2D eigenvalue weighted by Crippen LogP contribution is -2.56. The van der Waals surface area contributed by atoms with Gasteiger partial charge in [0.2, 0.25) is 17.7 Å². The van der Waals surface area contributed by atoms with Gasteiger partial charge < -0.3 is 25.6 Å². The number of para-hydroxylation sites is 1. The quantitative estimate of drug-likeness (QED) is 0.560. The standard InChI is InChI=1S/C31H42N4O4/c1-22(2)20-26-31(38)35-18-9-14-27(35)30(37)34-25(21-23-10-4-3-5-11-23)29(36)33-16-8-13-24-12-6-7-15-28(24)39-19-17-32-26/h3-7,10-12,15,22,25-27,32H,8-9,13-14,16-21H2,1-2H3,(H,33,36)(H,34,37)/t25-,26?,27?/m0/s1. The van der Waals surface area contributed by atoms with E-state index in [1.54, 1.807) is 4.90 Å². The molecule has 2 heterocycles. The highest BCUT2D eigenvalue weighted by atomic mass is 16.5. The van der Waals surface area contributed by atoms with E-state index >= 15 is 0 Å². The molecule has 39 heavy (non-hydrogen) atoms. The lowest BCUT2D eigenvalue weighted by Gasteiger charge is -2.30. The van der Waals surface area contributed by atoms with Gasteiger partial charge in [-0.05, 0) is 55.2 Å². The van der Waals surface area contributed by atoms with Crippen LogP contribution in [-0.4, -0.2) is 67.0 Å². The Balaban J connectivity index is 1.57. The number of hydrogen-bond acceptors (Lipinski definition) is 5. The van der Waals surface area contributed by atoms with Crippen LogP contribution in [-0.2, 0) is 27.2 Å². The maximum atomic E-state index is 13.7. The third-order valence-corrected chi connectivity index (χ3v) is 7.40. The molecule has 0 saturated carbocycles. The zero-order valence-electron chi connectivity index (χ0n) is 23.2. The Labute approximate surface area is 231 Å². The molecule has 2 unspecified atom stereocenters. The molecule has 0 aromatic heterocycles. The smallest absolute Gasteiger partial charge is 0.243 e. The molecule has 8 nitrogen and oxygen atoms in total. The number of fused-ring (bicyclic) bond motifs is 2. The topological polar surface area (TPSA) is 99.8 Å². The van der Waals surface area contributed by atoms with Crippen molar-refractivity contribution in [3.8, 4) is 5.75 Å².